The summed E-state index contributed by atoms with van der Waals surface area (Å²) >= 11 is 1.44. The Morgan fingerprint density at radius 2 is 2.10 bits per heavy atom. The zero-order valence-electron chi connectivity index (χ0n) is 16.8. The summed E-state index contributed by atoms with van der Waals surface area (Å²) in [6, 6.07) is 6.78. The lowest BCUT2D eigenvalue weighted by atomic mass is 9.98. The van der Waals surface area contributed by atoms with Gasteiger partial charge in [0.05, 0.1) is 6.04 Å². The van der Waals surface area contributed by atoms with E-state index in [0.29, 0.717) is 18.6 Å². The number of rotatable bonds is 12. The minimum absolute atomic E-state index is 0.126. The van der Waals surface area contributed by atoms with Crippen molar-refractivity contribution < 1.29 is 23.1 Å². The van der Waals surface area contributed by atoms with Crippen molar-refractivity contribution in [1.82, 2.24) is 15.4 Å². The lowest BCUT2D eigenvalue weighted by Gasteiger charge is -2.26. The summed E-state index contributed by atoms with van der Waals surface area (Å²) in [5.41, 5.74) is -0.126. The van der Waals surface area contributed by atoms with Crippen LogP contribution in [-0.4, -0.2) is 43.0 Å². The monoisotopic (exact) mass is 429 g/mol. The quantitative estimate of drug-likeness (QED) is 0.269. The van der Waals surface area contributed by atoms with E-state index in [2.05, 4.69) is 29.2 Å². The predicted molar refractivity (Wildman–Crippen MR) is 109 cm³/mol. The Hall–Kier alpha value is -1.71. The molecule has 0 aliphatic carbocycles. The summed E-state index contributed by atoms with van der Waals surface area (Å²) in [5.74, 6) is -0.0154. The molecule has 1 heterocycles. The fraction of sp³-hybridized carbons (Fsp3) is 0.600. The molecular weight excluding hydrogens is 400 g/mol. The number of alkyl halides is 2. The molecule has 0 radical (unpaired) electrons. The van der Waals surface area contributed by atoms with Crippen LogP contribution in [0.3, 0.4) is 0 Å². The molecule has 1 saturated heterocycles. The molecule has 1 fully saturated rings. The molecule has 6 nitrogen and oxygen atoms in total. The van der Waals surface area contributed by atoms with Gasteiger partial charge in [-0.2, -0.15) is 0 Å². The number of ether oxygens (including phenoxy) is 1. The lowest BCUT2D eigenvalue weighted by molar-refractivity contribution is -0.134. The molecule has 3 N–H and O–H groups in total. The van der Waals surface area contributed by atoms with Crippen molar-refractivity contribution in [3.63, 3.8) is 0 Å². The molecule has 29 heavy (non-hydrogen) atoms. The third-order valence-corrected chi connectivity index (χ3v) is 5.63. The van der Waals surface area contributed by atoms with Gasteiger partial charge in [0, 0.05) is 16.9 Å². The maximum Gasteiger partial charge on any atom is 0.272 e. The van der Waals surface area contributed by atoms with Crippen molar-refractivity contribution in [2.45, 2.75) is 68.9 Å². The van der Waals surface area contributed by atoms with Gasteiger partial charge >= 0.3 is 0 Å². The van der Waals surface area contributed by atoms with Crippen LogP contribution in [0, 0.1) is 0 Å². The summed E-state index contributed by atoms with van der Waals surface area (Å²) in [6.07, 6.45) is 1.26. The average molecular weight is 430 g/mol. The number of carbonyl (C=O) groups excluding carboxylic acids is 2. The summed E-state index contributed by atoms with van der Waals surface area (Å²) in [5, 5.41) is 5.55. The first-order chi connectivity index (χ1) is 13.7. The van der Waals surface area contributed by atoms with E-state index in [1.807, 2.05) is 6.07 Å². The van der Waals surface area contributed by atoms with E-state index in [1.165, 1.54) is 11.9 Å². The highest BCUT2D eigenvalue weighted by Gasteiger charge is 2.25. The van der Waals surface area contributed by atoms with Crippen LogP contribution in [0.2, 0.25) is 0 Å². The van der Waals surface area contributed by atoms with Crippen molar-refractivity contribution in [2.75, 3.05) is 13.2 Å². The van der Waals surface area contributed by atoms with Crippen LogP contribution in [0.5, 0.6) is 5.75 Å². The van der Waals surface area contributed by atoms with Gasteiger partial charge in [-0.25, -0.2) is 8.78 Å². The number of piperidine rings is 1. The summed E-state index contributed by atoms with van der Waals surface area (Å²) in [4.78, 5) is 23.7. The van der Waals surface area contributed by atoms with Crippen LogP contribution in [-0.2, 0) is 9.59 Å². The van der Waals surface area contributed by atoms with E-state index < -0.39 is 13.0 Å². The van der Waals surface area contributed by atoms with Gasteiger partial charge in [0.1, 0.15) is 12.4 Å². The summed E-state index contributed by atoms with van der Waals surface area (Å²) < 4.78 is 33.0. The number of hydrogen-bond donors (Lipinski definition) is 3. The van der Waals surface area contributed by atoms with E-state index in [4.69, 9.17) is 4.74 Å². The number of carbonyl (C=O) groups is 2. The first kappa shape index (κ1) is 23.6. The third-order valence-electron chi connectivity index (χ3n) is 4.49. The van der Waals surface area contributed by atoms with Gasteiger partial charge in [0.25, 0.3) is 6.43 Å². The molecule has 0 aromatic heterocycles. The zero-order chi connectivity index (χ0) is 21.3. The normalized spacial score (nSPS) is 17.5. The molecule has 0 saturated carbocycles. The molecule has 1 aromatic carbocycles. The maximum atomic E-state index is 12.3. The molecular formula is C20H29F2N3O3S. The Morgan fingerprint density at radius 3 is 2.83 bits per heavy atom. The van der Waals surface area contributed by atoms with Crippen molar-refractivity contribution in [2.24, 2.45) is 0 Å². The predicted octanol–water partition coefficient (Wildman–Crippen LogP) is 3.27. The first-order valence-electron chi connectivity index (χ1n) is 9.77. The van der Waals surface area contributed by atoms with Crippen LogP contribution in [0.1, 0.15) is 46.0 Å². The number of halogens is 2. The van der Waals surface area contributed by atoms with Crippen LogP contribution in [0.4, 0.5) is 8.78 Å². The first-order valence-corrected chi connectivity index (χ1v) is 10.6. The van der Waals surface area contributed by atoms with Gasteiger partial charge in [-0.15, -0.1) is 0 Å². The van der Waals surface area contributed by atoms with Gasteiger partial charge < -0.3 is 10.1 Å². The smallest absolute Gasteiger partial charge is 0.272 e. The van der Waals surface area contributed by atoms with Crippen molar-refractivity contribution in [3.05, 3.63) is 24.3 Å². The third kappa shape index (κ3) is 9.10. The van der Waals surface area contributed by atoms with Crippen molar-refractivity contribution >= 4 is 23.8 Å². The minimum Gasteiger partial charge on any atom is -0.488 e. The molecule has 1 atom stereocenters. The Balaban J connectivity index is 1.65. The molecule has 1 aliphatic heterocycles. The van der Waals surface area contributed by atoms with Crippen molar-refractivity contribution in [1.29, 1.82) is 0 Å². The summed E-state index contributed by atoms with van der Waals surface area (Å²) in [6.45, 7) is 4.31. The lowest BCUT2D eigenvalue weighted by Crippen LogP contribution is -2.50. The van der Waals surface area contributed by atoms with Gasteiger partial charge in [-0.3, -0.25) is 19.6 Å². The fourth-order valence-electron chi connectivity index (χ4n) is 2.89. The van der Waals surface area contributed by atoms with E-state index in [1.54, 1.807) is 18.2 Å². The fourth-order valence-corrected chi connectivity index (χ4v) is 3.71. The highest BCUT2D eigenvalue weighted by molar-refractivity contribution is 7.97. The van der Waals surface area contributed by atoms with Crippen molar-refractivity contribution in [3.8, 4) is 5.75 Å². The topological polar surface area (TPSA) is 79.5 Å². The Labute approximate surface area is 174 Å². The number of unbranched alkanes of at least 4 members (excludes halogenated alkanes) is 1. The molecule has 9 heteroatoms. The van der Waals surface area contributed by atoms with Gasteiger partial charge in [0.15, 0.2) is 0 Å². The van der Waals surface area contributed by atoms with Crippen LogP contribution in [0.15, 0.2) is 29.2 Å². The number of hydrogen-bond acceptors (Lipinski definition) is 6. The Bertz CT molecular complexity index is 689. The molecule has 2 amide bonds. The number of nitrogens with one attached hydrogen (secondary N) is 3. The Morgan fingerprint density at radius 1 is 1.31 bits per heavy atom. The maximum absolute atomic E-state index is 12.3. The molecule has 162 valence electrons. The largest absolute Gasteiger partial charge is 0.488 e. The molecule has 0 spiro atoms. The van der Waals surface area contributed by atoms with Crippen LogP contribution >= 0.6 is 11.9 Å². The summed E-state index contributed by atoms with van der Waals surface area (Å²) in [7, 11) is 0. The Kier molecular flexibility index (Phi) is 9.32. The number of imide groups is 1. The standard InChI is InChI=1S/C20H29F2N3O3S/c1-20(2,10-3-4-11-23-16-8-9-18(26)24-19(16)27)25-29-15-7-5-6-14(12-15)28-13-17(21)22/h5-7,12,16-17,23,25H,3-4,8-11,13H2,1-2H3,(H,24,26,27). The van der Waals surface area contributed by atoms with Gasteiger partial charge in [0.2, 0.25) is 11.8 Å². The van der Waals surface area contributed by atoms with Gasteiger partial charge in [-0.1, -0.05) is 12.5 Å². The highest BCUT2D eigenvalue weighted by atomic mass is 32.2. The molecule has 0 bridgehead atoms. The number of benzene rings is 1. The second-order valence-corrected chi connectivity index (χ2v) is 8.56. The molecule has 1 unspecified atom stereocenters. The second-order valence-electron chi connectivity index (χ2n) is 7.68. The molecule has 2 rings (SSSR count). The van der Waals surface area contributed by atoms with E-state index >= 15 is 0 Å². The minimum atomic E-state index is -2.49. The average Bonchev–Trinajstić information content (AvgIpc) is 2.66. The van der Waals surface area contributed by atoms with Crippen LogP contribution in [0.25, 0.3) is 0 Å². The van der Waals surface area contributed by atoms with Gasteiger partial charge in [-0.05, 0) is 69.8 Å². The molecule has 1 aromatic rings. The molecule has 1 aliphatic rings. The van der Waals surface area contributed by atoms with E-state index in [9.17, 15) is 18.4 Å². The second kappa shape index (κ2) is 11.5. The SMILES string of the molecule is CC(C)(CCCCNC1CCC(=O)NC1=O)NSc1cccc(OCC(F)F)c1. The van der Waals surface area contributed by atoms with Crippen LogP contribution < -0.4 is 20.1 Å². The van der Waals surface area contributed by atoms with E-state index in [0.717, 1.165) is 30.7 Å². The highest BCUT2D eigenvalue weighted by Crippen LogP contribution is 2.25. The number of amides is 2. The van der Waals surface area contributed by atoms with E-state index in [-0.39, 0.29) is 23.4 Å². The zero-order valence-corrected chi connectivity index (χ0v) is 17.6.